The van der Waals surface area contributed by atoms with Crippen molar-refractivity contribution < 1.29 is 85.7 Å². The smallest absolute Gasteiger partial charge is 0.305 e. The summed E-state index contributed by atoms with van der Waals surface area (Å²) in [7, 11) is 0. The minimum atomic E-state index is -0.877. The number of ether oxygens (including phenoxy) is 16. The van der Waals surface area contributed by atoms with E-state index in [-0.39, 0.29) is 13.0 Å². The van der Waals surface area contributed by atoms with Gasteiger partial charge in [0.2, 0.25) is 0 Å². The first kappa shape index (κ1) is 52.8. The van der Waals surface area contributed by atoms with Crippen molar-refractivity contribution in [2.24, 2.45) is 5.73 Å². The first-order valence-electron chi connectivity index (χ1n) is 18.9. The number of carboxylic acids is 1. The van der Waals surface area contributed by atoms with Crippen molar-refractivity contribution in [3.63, 3.8) is 0 Å². The highest BCUT2D eigenvalue weighted by atomic mass is 16.6. The fourth-order valence-electron chi connectivity index (χ4n) is 3.64. The Bertz CT molecular complexity index is 703. The van der Waals surface area contributed by atoms with Crippen LogP contribution in [0.15, 0.2) is 0 Å². The van der Waals surface area contributed by atoms with E-state index in [1.165, 1.54) is 0 Å². The molecular weight excluding hydrogens is 722 g/mol. The molecule has 0 saturated heterocycles. The second-order valence-corrected chi connectivity index (χ2v) is 10.7. The average molecular weight is 794 g/mol. The van der Waals surface area contributed by atoms with Crippen LogP contribution >= 0.6 is 0 Å². The van der Waals surface area contributed by atoms with Gasteiger partial charge >= 0.3 is 5.97 Å². The number of rotatable bonds is 50. The third-order valence-electron chi connectivity index (χ3n) is 6.30. The summed E-state index contributed by atoms with van der Waals surface area (Å²) in [4.78, 5) is 10.3. The first-order chi connectivity index (χ1) is 26.8. The van der Waals surface area contributed by atoms with Crippen molar-refractivity contribution in [1.82, 2.24) is 0 Å². The number of hydrogen-bond donors (Lipinski definition) is 2. The molecule has 0 saturated carbocycles. The van der Waals surface area contributed by atoms with Crippen molar-refractivity contribution in [2.45, 2.75) is 6.42 Å². The van der Waals surface area contributed by atoms with Crippen LogP contribution in [0.25, 0.3) is 0 Å². The lowest BCUT2D eigenvalue weighted by Crippen LogP contribution is -2.16. The van der Waals surface area contributed by atoms with Gasteiger partial charge in [-0.3, -0.25) is 4.79 Å². The SMILES string of the molecule is NCCOCCOCCOCCOCCOCCOCCOCCOCCOCCOCCOCCOCCOCCOCCOCCOCCC(=O)O. The molecule has 19 heteroatoms. The van der Waals surface area contributed by atoms with Crippen LogP contribution in [0.2, 0.25) is 0 Å². The molecular formula is C35H71NO18. The van der Waals surface area contributed by atoms with E-state index in [0.29, 0.717) is 211 Å². The van der Waals surface area contributed by atoms with Crippen LogP contribution in [0, 0.1) is 0 Å². The largest absolute Gasteiger partial charge is 0.481 e. The van der Waals surface area contributed by atoms with E-state index in [0.717, 1.165) is 0 Å². The van der Waals surface area contributed by atoms with Gasteiger partial charge in [-0.05, 0) is 0 Å². The Morgan fingerprint density at radius 3 is 0.519 bits per heavy atom. The second-order valence-electron chi connectivity index (χ2n) is 10.7. The summed E-state index contributed by atoms with van der Waals surface area (Å²) >= 11 is 0. The molecule has 0 aromatic carbocycles. The molecule has 0 spiro atoms. The van der Waals surface area contributed by atoms with E-state index in [2.05, 4.69) is 0 Å². The van der Waals surface area contributed by atoms with Crippen LogP contribution in [0.3, 0.4) is 0 Å². The highest BCUT2D eigenvalue weighted by molar-refractivity contribution is 5.66. The summed E-state index contributed by atoms with van der Waals surface area (Å²) in [6.45, 7) is 15.8. The molecule has 0 radical (unpaired) electrons. The summed E-state index contributed by atoms with van der Waals surface area (Å²) in [5, 5.41) is 8.50. The van der Waals surface area contributed by atoms with Gasteiger partial charge in [0.05, 0.1) is 218 Å². The van der Waals surface area contributed by atoms with Crippen LogP contribution in [-0.2, 0) is 80.6 Å². The molecule has 0 fully saturated rings. The quantitative estimate of drug-likeness (QED) is 0.0757. The van der Waals surface area contributed by atoms with E-state index in [1.54, 1.807) is 0 Å². The minimum absolute atomic E-state index is 0.00582. The number of carbonyl (C=O) groups is 1. The third-order valence-corrected chi connectivity index (χ3v) is 6.30. The van der Waals surface area contributed by atoms with Gasteiger partial charge in [0, 0.05) is 6.54 Å². The summed E-state index contributed by atoms with van der Waals surface area (Å²) < 4.78 is 86.5. The van der Waals surface area contributed by atoms with Crippen molar-refractivity contribution >= 4 is 5.97 Å². The lowest BCUT2D eigenvalue weighted by Gasteiger charge is -2.09. The number of hydrogen-bond acceptors (Lipinski definition) is 18. The molecule has 0 amide bonds. The van der Waals surface area contributed by atoms with Crippen molar-refractivity contribution in [3.8, 4) is 0 Å². The monoisotopic (exact) mass is 793 g/mol. The summed E-state index contributed by atoms with van der Waals surface area (Å²) in [5.41, 5.74) is 5.33. The zero-order chi connectivity index (χ0) is 38.9. The van der Waals surface area contributed by atoms with E-state index < -0.39 is 5.97 Å². The predicted octanol–water partition coefficient (Wildman–Crippen LogP) is -0.315. The van der Waals surface area contributed by atoms with Gasteiger partial charge in [-0.15, -0.1) is 0 Å². The molecule has 0 aromatic rings. The summed E-state index contributed by atoms with van der Waals surface area (Å²) in [6, 6.07) is 0. The highest BCUT2D eigenvalue weighted by Crippen LogP contribution is 1.89. The van der Waals surface area contributed by atoms with Gasteiger partial charge in [0.15, 0.2) is 0 Å². The van der Waals surface area contributed by atoms with Crippen molar-refractivity contribution in [3.05, 3.63) is 0 Å². The molecule has 54 heavy (non-hydrogen) atoms. The van der Waals surface area contributed by atoms with Gasteiger partial charge in [0.1, 0.15) is 0 Å². The van der Waals surface area contributed by atoms with Crippen molar-refractivity contribution in [1.29, 1.82) is 0 Å². The zero-order valence-corrected chi connectivity index (χ0v) is 32.5. The number of carboxylic acid groups (broad SMARTS) is 1. The zero-order valence-electron chi connectivity index (χ0n) is 32.5. The average Bonchev–Trinajstić information content (AvgIpc) is 3.17. The van der Waals surface area contributed by atoms with Gasteiger partial charge < -0.3 is 86.6 Å². The first-order valence-corrected chi connectivity index (χ1v) is 18.9. The maximum absolute atomic E-state index is 10.3. The third kappa shape index (κ3) is 50.8. The molecule has 324 valence electrons. The Hall–Kier alpha value is -1.21. The Morgan fingerprint density at radius 2 is 0.389 bits per heavy atom. The lowest BCUT2D eigenvalue weighted by molar-refractivity contribution is -0.138. The Labute approximate surface area is 321 Å². The van der Waals surface area contributed by atoms with Crippen LogP contribution in [0.5, 0.6) is 0 Å². The normalized spacial score (nSPS) is 11.6. The molecule has 0 aromatic heterocycles. The van der Waals surface area contributed by atoms with E-state index in [4.69, 9.17) is 86.6 Å². The molecule has 0 heterocycles. The van der Waals surface area contributed by atoms with Crippen LogP contribution in [0.4, 0.5) is 0 Å². The molecule has 3 N–H and O–H groups in total. The molecule has 0 aliphatic rings. The van der Waals surface area contributed by atoms with E-state index in [9.17, 15) is 4.79 Å². The summed E-state index contributed by atoms with van der Waals surface area (Å²) in [6.07, 6.45) is -0.00582. The van der Waals surface area contributed by atoms with Gasteiger partial charge in [-0.25, -0.2) is 0 Å². The fourth-order valence-corrected chi connectivity index (χ4v) is 3.64. The Kier molecular flexibility index (Phi) is 48.7. The van der Waals surface area contributed by atoms with Crippen molar-refractivity contribution in [2.75, 3.05) is 218 Å². The van der Waals surface area contributed by atoms with Gasteiger partial charge in [0.25, 0.3) is 0 Å². The molecule has 0 aliphatic heterocycles. The maximum atomic E-state index is 10.3. The predicted molar refractivity (Wildman–Crippen MR) is 194 cm³/mol. The van der Waals surface area contributed by atoms with Crippen LogP contribution in [0.1, 0.15) is 6.42 Å². The molecule has 19 nitrogen and oxygen atoms in total. The minimum Gasteiger partial charge on any atom is -0.481 e. The molecule has 0 rings (SSSR count). The van der Waals surface area contributed by atoms with E-state index in [1.807, 2.05) is 0 Å². The molecule has 0 aliphatic carbocycles. The maximum Gasteiger partial charge on any atom is 0.305 e. The fraction of sp³-hybridized carbons (Fsp3) is 0.971. The molecule has 0 unspecified atom stereocenters. The topological polar surface area (TPSA) is 211 Å². The summed E-state index contributed by atoms with van der Waals surface area (Å²) in [5.74, 6) is -0.877. The lowest BCUT2D eigenvalue weighted by atomic mass is 10.5. The Balaban J connectivity index is 3.05. The number of nitrogens with two attached hydrogens (primary N) is 1. The molecule has 0 bridgehead atoms. The highest BCUT2D eigenvalue weighted by Gasteiger charge is 1.99. The van der Waals surface area contributed by atoms with Crippen LogP contribution < -0.4 is 5.73 Å². The standard InChI is InChI=1S/C35H71NO18/c36-2-4-40-6-8-42-10-12-44-14-16-46-18-20-48-22-24-50-26-28-52-30-32-54-34-33-53-31-29-51-27-25-49-23-21-47-19-17-45-15-13-43-11-9-41-7-5-39-3-1-35(37)38/h1-34,36H2,(H,37,38). The van der Waals surface area contributed by atoms with Gasteiger partial charge in [-0.1, -0.05) is 0 Å². The van der Waals surface area contributed by atoms with E-state index >= 15 is 0 Å². The van der Waals surface area contributed by atoms with Crippen LogP contribution in [-0.4, -0.2) is 229 Å². The van der Waals surface area contributed by atoms with Gasteiger partial charge in [-0.2, -0.15) is 0 Å². The second kappa shape index (κ2) is 49.8. The molecule has 0 atom stereocenters. The Morgan fingerprint density at radius 1 is 0.259 bits per heavy atom. The number of aliphatic carboxylic acids is 1.